The first-order valence-corrected chi connectivity index (χ1v) is 20.8. The molecular weight excluding hydrogens is 1300 g/mol. The Morgan fingerprint density at radius 2 is 0.471 bits per heavy atom. The second-order valence-electron chi connectivity index (χ2n) is 16.8. The second kappa shape index (κ2) is 20.9. The summed E-state index contributed by atoms with van der Waals surface area (Å²) in [6.45, 7) is -13.6. The molecule has 45 heteroatoms. The fourth-order valence-corrected chi connectivity index (χ4v) is 6.07. The van der Waals surface area contributed by atoms with Gasteiger partial charge in [-0.3, -0.25) is 0 Å². The lowest BCUT2D eigenvalue weighted by atomic mass is 10.0. The lowest BCUT2D eigenvalue weighted by Crippen LogP contribution is -2.62. The molecule has 0 saturated carbocycles. The van der Waals surface area contributed by atoms with Crippen molar-refractivity contribution < 1.29 is 181 Å². The molecule has 0 aliphatic heterocycles. The number of alkyl halides is 36. The molecule has 0 saturated heterocycles. The van der Waals surface area contributed by atoms with Crippen molar-refractivity contribution in [3.8, 4) is 46.3 Å². The van der Waals surface area contributed by atoms with E-state index in [0.29, 0.717) is 36.4 Å². The quantitative estimate of drug-likeness (QED) is 0.0627. The SMILES string of the molecule is FC(F)(F)C(F)(F)C(F)(F)C(F)(F)COc1cc(OCC(F)(F)C(F)(F)C(F)(F)C(F)(F)F)nc(-c2ccc3oc4ccc(-c5nc(OCC(F)(F)C(F)(F)C(F)(F)C(F)(F)F)cc(OCC(F)(F)C(F)(F)C(F)(F)C(F)(F)F)n5)cc4c3c2)n1. The number of hydrogen-bond donors (Lipinski definition) is 0. The molecule has 0 unspecified atom stereocenters. The van der Waals surface area contributed by atoms with Gasteiger partial charge in [0.15, 0.2) is 38.1 Å². The summed E-state index contributed by atoms with van der Waals surface area (Å²) in [5.74, 6) is -98.2. The zero-order valence-electron chi connectivity index (χ0n) is 38.9. The third-order valence-corrected chi connectivity index (χ3v) is 10.8. The number of fused-ring (bicyclic) bond motifs is 3. The van der Waals surface area contributed by atoms with Crippen LogP contribution in [0.5, 0.6) is 23.5 Å². The van der Waals surface area contributed by atoms with Crippen molar-refractivity contribution in [3.63, 3.8) is 0 Å². The van der Waals surface area contributed by atoms with E-state index in [1.165, 1.54) is 0 Å². The fourth-order valence-electron chi connectivity index (χ4n) is 6.07. The summed E-state index contributed by atoms with van der Waals surface area (Å²) in [5.41, 5.74) is -2.91. The first-order chi connectivity index (χ1) is 37.7. The van der Waals surface area contributed by atoms with Crippen molar-refractivity contribution in [1.29, 1.82) is 0 Å². The van der Waals surface area contributed by atoms with Gasteiger partial charge >= 0.3 is 95.8 Å². The van der Waals surface area contributed by atoms with Gasteiger partial charge in [-0.2, -0.15) is 178 Å². The van der Waals surface area contributed by atoms with Crippen molar-refractivity contribution in [3.05, 3.63) is 48.5 Å². The van der Waals surface area contributed by atoms with E-state index in [0.717, 1.165) is 0 Å². The zero-order chi connectivity index (χ0) is 65.8. The van der Waals surface area contributed by atoms with Crippen LogP contribution in [0.4, 0.5) is 158 Å². The van der Waals surface area contributed by atoms with Gasteiger partial charge in [0.05, 0.1) is 12.1 Å². The molecule has 0 bridgehead atoms. The normalized spacial score (nSPS) is 15.0. The maximum absolute atomic E-state index is 14.4. The van der Waals surface area contributed by atoms with Crippen LogP contribution in [-0.4, -0.2) is 142 Å². The van der Waals surface area contributed by atoms with E-state index in [4.69, 9.17) is 4.42 Å². The Morgan fingerprint density at radius 1 is 0.271 bits per heavy atom. The number of hydrogen-bond acceptors (Lipinski definition) is 9. The molecular formula is C40H16F36N4O5. The van der Waals surface area contributed by atoms with Gasteiger partial charge in [0.2, 0.25) is 23.5 Å². The molecule has 5 rings (SSSR count). The van der Waals surface area contributed by atoms with E-state index in [9.17, 15) is 158 Å². The number of rotatable bonds is 22. The van der Waals surface area contributed by atoms with Gasteiger partial charge in [0.1, 0.15) is 11.2 Å². The fraction of sp³-hybridized carbons (Fsp3) is 0.500. The van der Waals surface area contributed by atoms with Crippen molar-refractivity contribution in [2.75, 3.05) is 26.4 Å². The van der Waals surface area contributed by atoms with Crippen LogP contribution >= 0.6 is 0 Å². The largest absolute Gasteiger partial charge is 0.471 e. The lowest BCUT2D eigenvalue weighted by molar-refractivity contribution is -0.398. The predicted molar refractivity (Wildman–Crippen MR) is 201 cm³/mol. The molecule has 0 aliphatic carbocycles. The van der Waals surface area contributed by atoms with Crippen LogP contribution in [0.3, 0.4) is 0 Å². The van der Waals surface area contributed by atoms with E-state index >= 15 is 0 Å². The first kappa shape index (κ1) is 68.9. The van der Waals surface area contributed by atoms with E-state index in [1.54, 1.807) is 0 Å². The van der Waals surface area contributed by atoms with Gasteiger partial charge in [-0.25, -0.2) is 0 Å². The molecule has 0 N–H and O–H groups in total. The minimum atomic E-state index is -7.62. The average molecular weight is 1320 g/mol. The summed E-state index contributed by atoms with van der Waals surface area (Å²) in [4.78, 5) is 12.8. The van der Waals surface area contributed by atoms with E-state index in [-0.39, 0.29) is 0 Å². The molecule has 3 heterocycles. The van der Waals surface area contributed by atoms with Gasteiger partial charge in [-0.1, -0.05) is 0 Å². The smallest absolute Gasteiger partial charge is 0.460 e. The highest BCUT2D eigenvalue weighted by Crippen LogP contribution is 2.57. The summed E-state index contributed by atoms with van der Waals surface area (Å²) in [7, 11) is 0. The Labute approximate surface area is 440 Å². The van der Waals surface area contributed by atoms with Crippen molar-refractivity contribution in [2.45, 2.75) is 95.8 Å². The summed E-state index contributed by atoms with van der Waals surface area (Å²) < 4.78 is 510. The molecule has 85 heavy (non-hydrogen) atoms. The van der Waals surface area contributed by atoms with Crippen molar-refractivity contribution in [1.82, 2.24) is 19.9 Å². The molecule has 0 spiro atoms. The monoisotopic (exact) mass is 1320 g/mol. The summed E-state index contributed by atoms with van der Waals surface area (Å²) in [6, 6.07) is 2.79. The van der Waals surface area contributed by atoms with E-state index < -0.39 is 203 Å². The Kier molecular flexibility index (Phi) is 16.9. The maximum atomic E-state index is 14.4. The van der Waals surface area contributed by atoms with Crippen LogP contribution in [0.1, 0.15) is 0 Å². The summed E-state index contributed by atoms with van der Waals surface area (Å²) in [6.07, 6.45) is -29.8. The van der Waals surface area contributed by atoms with Crippen molar-refractivity contribution in [2.24, 2.45) is 0 Å². The van der Waals surface area contributed by atoms with Crippen LogP contribution in [0.2, 0.25) is 0 Å². The molecule has 5 aromatic rings. The summed E-state index contributed by atoms with van der Waals surface area (Å²) in [5, 5.41) is -1.20. The molecule has 9 nitrogen and oxygen atoms in total. The Bertz CT molecular complexity index is 2880. The summed E-state index contributed by atoms with van der Waals surface area (Å²) >= 11 is 0. The maximum Gasteiger partial charge on any atom is 0.460 e. The highest BCUT2D eigenvalue weighted by molar-refractivity contribution is 6.07. The lowest BCUT2D eigenvalue weighted by Gasteiger charge is -2.33. The zero-order valence-corrected chi connectivity index (χ0v) is 38.9. The first-order valence-electron chi connectivity index (χ1n) is 20.8. The number of halogens is 36. The van der Waals surface area contributed by atoms with Crippen molar-refractivity contribution >= 4 is 21.9 Å². The number of ether oxygens (including phenoxy) is 4. The molecule has 478 valence electrons. The minimum Gasteiger partial charge on any atom is -0.471 e. The highest BCUT2D eigenvalue weighted by atomic mass is 19.5. The van der Waals surface area contributed by atoms with Gasteiger partial charge < -0.3 is 23.4 Å². The molecule has 0 atom stereocenters. The van der Waals surface area contributed by atoms with Gasteiger partial charge in [0.25, 0.3) is 0 Å². The number of benzene rings is 2. The van der Waals surface area contributed by atoms with E-state index in [1.807, 2.05) is 0 Å². The molecule has 0 amide bonds. The Morgan fingerprint density at radius 3 is 0.659 bits per heavy atom. The third-order valence-electron chi connectivity index (χ3n) is 10.8. The van der Waals surface area contributed by atoms with Crippen LogP contribution in [0, 0.1) is 0 Å². The van der Waals surface area contributed by atoms with E-state index in [2.05, 4.69) is 38.9 Å². The standard InChI is InChI=1S/C40H16F36N4O5/c41-25(42,29(49,50)33(57,58)37(65,66)67)9-81-19-7-20(82-10-26(43,44)30(51,52)34(59,60)38(68,69)70)78-23(77-19)13-1-3-17-15(5-13)16-6-14(2-4-18(16)85-17)24-79-21(83-11-27(45,46)31(53,54)35(61,62)39(71,72)73)8-22(80-24)84-12-28(47,48)32(55,56)36(63,64)40(74,75)76/h1-8H,9-12H2. The van der Waals surface area contributed by atoms with Crippen LogP contribution in [0.25, 0.3) is 44.7 Å². The average Bonchev–Trinajstić information content (AvgIpc) is 1.87. The Hall–Kier alpha value is -6.92. The molecule has 0 aliphatic rings. The molecule has 3 aromatic heterocycles. The number of aromatic nitrogens is 4. The number of nitrogens with zero attached hydrogens (tertiary/aromatic N) is 4. The van der Waals surface area contributed by atoms with Crippen LogP contribution in [-0.2, 0) is 0 Å². The molecule has 0 radical (unpaired) electrons. The molecule has 2 aromatic carbocycles. The minimum absolute atomic E-state index is 0.418. The third kappa shape index (κ3) is 11.9. The highest BCUT2D eigenvalue weighted by Gasteiger charge is 2.85. The predicted octanol–water partition coefficient (Wildman–Crippen LogP) is 15.9. The van der Waals surface area contributed by atoms with Gasteiger partial charge in [-0.15, -0.1) is 0 Å². The number of furan rings is 1. The Balaban J connectivity index is 1.66. The second-order valence-corrected chi connectivity index (χ2v) is 16.8. The topological polar surface area (TPSA) is 102 Å². The van der Waals surface area contributed by atoms with Gasteiger partial charge in [0, 0.05) is 21.9 Å². The van der Waals surface area contributed by atoms with Gasteiger partial charge in [-0.05, 0) is 36.4 Å². The van der Waals surface area contributed by atoms with Crippen LogP contribution in [0.15, 0.2) is 52.9 Å². The molecule has 0 fully saturated rings. The van der Waals surface area contributed by atoms with Crippen LogP contribution < -0.4 is 18.9 Å².